The zero-order chi connectivity index (χ0) is 26.5. The normalized spacial score (nSPS) is 11.5. The summed E-state index contributed by atoms with van der Waals surface area (Å²) in [5, 5.41) is 18.2. The summed E-state index contributed by atoms with van der Waals surface area (Å²) >= 11 is 0. The van der Waals surface area contributed by atoms with Crippen LogP contribution in [0.5, 0.6) is 0 Å². The van der Waals surface area contributed by atoms with Gasteiger partial charge in [-0.15, -0.1) is 0 Å². The van der Waals surface area contributed by atoms with Crippen LogP contribution in [-0.4, -0.2) is 44.5 Å². The van der Waals surface area contributed by atoms with Crippen molar-refractivity contribution in [2.24, 2.45) is 0 Å². The lowest BCUT2D eigenvalue weighted by molar-refractivity contribution is -0.384. The molecule has 1 N–H and O–H groups in total. The molecule has 1 aromatic heterocycles. The Hall–Kier alpha value is -4.34. The lowest BCUT2D eigenvalue weighted by atomic mass is 9.92. The minimum absolute atomic E-state index is 0.0418. The number of carbonyl (C=O) groups is 2. The molecular formula is C26H28FN5O4. The summed E-state index contributed by atoms with van der Waals surface area (Å²) in [5.74, 6) is -0.779. The zero-order valence-electron chi connectivity index (χ0n) is 20.6. The molecule has 0 aliphatic rings. The highest BCUT2D eigenvalue weighted by molar-refractivity contribution is 5.97. The molecule has 2 amide bonds. The number of hydrogen-bond donors (Lipinski definition) is 1. The molecule has 0 aliphatic heterocycles. The minimum atomic E-state index is -0.497. The van der Waals surface area contributed by atoms with Gasteiger partial charge in [0.05, 0.1) is 16.3 Å². The first-order valence-electron chi connectivity index (χ1n) is 11.4. The van der Waals surface area contributed by atoms with Crippen LogP contribution < -0.4 is 5.32 Å². The van der Waals surface area contributed by atoms with E-state index in [-0.39, 0.29) is 29.4 Å². The van der Waals surface area contributed by atoms with Gasteiger partial charge < -0.3 is 10.2 Å². The number of hydrogen-bond acceptors (Lipinski definition) is 5. The first-order chi connectivity index (χ1) is 17.0. The van der Waals surface area contributed by atoms with Crippen LogP contribution in [0, 0.1) is 15.9 Å². The smallest absolute Gasteiger partial charge is 0.269 e. The molecule has 0 saturated heterocycles. The maximum absolute atomic E-state index is 13.4. The number of aromatic nitrogens is 2. The van der Waals surface area contributed by atoms with E-state index in [4.69, 9.17) is 0 Å². The van der Waals surface area contributed by atoms with Crippen molar-refractivity contribution in [3.05, 3.63) is 87.9 Å². The Morgan fingerprint density at radius 2 is 1.78 bits per heavy atom. The van der Waals surface area contributed by atoms with Gasteiger partial charge >= 0.3 is 0 Å². The molecule has 2 aromatic carbocycles. The summed E-state index contributed by atoms with van der Waals surface area (Å²) in [5.41, 5.74) is 1.60. The van der Waals surface area contributed by atoms with Crippen molar-refractivity contribution in [2.75, 3.05) is 18.4 Å². The van der Waals surface area contributed by atoms with Crippen LogP contribution in [0.3, 0.4) is 0 Å². The summed E-state index contributed by atoms with van der Waals surface area (Å²) in [6.45, 7) is 7.83. The summed E-state index contributed by atoms with van der Waals surface area (Å²) in [7, 11) is 0. The highest BCUT2D eigenvalue weighted by atomic mass is 19.1. The molecule has 9 nitrogen and oxygen atoms in total. The average molecular weight is 494 g/mol. The molecule has 0 saturated carbocycles. The van der Waals surface area contributed by atoms with Crippen LogP contribution in [0.4, 0.5) is 15.9 Å². The van der Waals surface area contributed by atoms with Gasteiger partial charge in [-0.3, -0.25) is 19.7 Å². The second-order valence-electron chi connectivity index (χ2n) is 9.14. The van der Waals surface area contributed by atoms with Crippen molar-refractivity contribution in [1.29, 1.82) is 0 Å². The van der Waals surface area contributed by atoms with E-state index in [0.717, 1.165) is 5.69 Å². The number of likely N-dealkylation sites (N-methyl/N-ethyl adjacent to an activating group) is 1. The third kappa shape index (κ3) is 6.62. The molecule has 3 rings (SSSR count). The predicted molar refractivity (Wildman–Crippen MR) is 135 cm³/mol. The molecule has 0 radical (unpaired) electrons. The van der Waals surface area contributed by atoms with Crippen LogP contribution >= 0.6 is 0 Å². The minimum Gasteiger partial charge on any atom is -0.330 e. The number of nitro groups is 1. The Labute approximate surface area is 208 Å². The lowest BCUT2D eigenvalue weighted by Crippen LogP contribution is -2.37. The Kier molecular flexibility index (Phi) is 7.98. The van der Waals surface area contributed by atoms with Gasteiger partial charge in [-0.2, -0.15) is 5.10 Å². The van der Waals surface area contributed by atoms with Gasteiger partial charge in [0.2, 0.25) is 11.8 Å². The number of halogens is 1. The molecule has 3 aromatic rings. The van der Waals surface area contributed by atoms with Crippen molar-refractivity contribution in [1.82, 2.24) is 14.7 Å². The molecular weight excluding hydrogens is 465 g/mol. The average Bonchev–Trinajstić information content (AvgIpc) is 3.26. The molecule has 0 spiro atoms. The van der Waals surface area contributed by atoms with E-state index in [1.54, 1.807) is 25.1 Å². The molecule has 0 unspecified atom stereocenters. The van der Waals surface area contributed by atoms with Crippen molar-refractivity contribution >= 4 is 29.4 Å². The fraction of sp³-hybridized carbons (Fsp3) is 0.269. The molecule has 1 heterocycles. The number of carbonyl (C=O) groups excluding carboxylic acids is 2. The number of anilines is 1. The van der Waals surface area contributed by atoms with Crippen LogP contribution in [0.15, 0.2) is 60.7 Å². The Morgan fingerprint density at radius 1 is 1.14 bits per heavy atom. The topological polar surface area (TPSA) is 110 Å². The molecule has 0 fully saturated rings. The van der Waals surface area contributed by atoms with Gasteiger partial charge in [-0.05, 0) is 55.0 Å². The zero-order valence-corrected chi connectivity index (χ0v) is 20.6. The van der Waals surface area contributed by atoms with Crippen LogP contribution in [0.25, 0.3) is 11.8 Å². The monoisotopic (exact) mass is 493 g/mol. The van der Waals surface area contributed by atoms with E-state index < -0.39 is 10.8 Å². The Bertz CT molecular complexity index is 1280. The number of nitrogens with zero attached hydrogens (tertiary/aromatic N) is 4. The number of non-ortho nitro benzene ring substituents is 1. The quantitative estimate of drug-likeness (QED) is 0.277. The van der Waals surface area contributed by atoms with E-state index in [1.165, 1.54) is 58.1 Å². The largest absolute Gasteiger partial charge is 0.330 e. The molecule has 0 aliphatic carbocycles. The molecule has 0 bridgehead atoms. The summed E-state index contributed by atoms with van der Waals surface area (Å²) in [4.78, 5) is 37.2. The number of amides is 2. The summed E-state index contributed by atoms with van der Waals surface area (Å²) in [6.07, 6.45) is 2.85. The fourth-order valence-electron chi connectivity index (χ4n) is 3.30. The van der Waals surface area contributed by atoms with E-state index in [9.17, 15) is 24.1 Å². The van der Waals surface area contributed by atoms with Gasteiger partial charge in [-0.1, -0.05) is 20.8 Å². The molecule has 188 valence electrons. The van der Waals surface area contributed by atoms with Crippen molar-refractivity contribution in [3.8, 4) is 5.69 Å². The molecule has 10 heteroatoms. The van der Waals surface area contributed by atoms with Crippen molar-refractivity contribution in [3.63, 3.8) is 0 Å². The third-order valence-corrected chi connectivity index (χ3v) is 5.37. The number of benzene rings is 2. The molecule has 36 heavy (non-hydrogen) atoms. The standard InChI is InChI=1S/C26H28FN5O4/c1-5-30(25(34)15-8-18-6-11-21(12-7-18)32(35)36)17-24(33)28-23-16-22(26(2,3)4)29-31(23)20-13-9-19(27)10-14-20/h6-16H,5,17H2,1-4H3,(H,28,33). The number of rotatable bonds is 8. The second-order valence-corrected chi connectivity index (χ2v) is 9.14. The Balaban J connectivity index is 1.73. The van der Waals surface area contributed by atoms with E-state index in [0.29, 0.717) is 23.6 Å². The van der Waals surface area contributed by atoms with E-state index >= 15 is 0 Å². The van der Waals surface area contributed by atoms with Crippen LogP contribution in [0.1, 0.15) is 39.0 Å². The van der Waals surface area contributed by atoms with Crippen molar-refractivity contribution < 1.29 is 18.9 Å². The maximum Gasteiger partial charge on any atom is 0.269 e. The Morgan fingerprint density at radius 3 is 2.33 bits per heavy atom. The van der Waals surface area contributed by atoms with Gasteiger partial charge in [-0.25, -0.2) is 9.07 Å². The van der Waals surface area contributed by atoms with Crippen molar-refractivity contribution in [2.45, 2.75) is 33.1 Å². The SMILES string of the molecule is CCN(CC(=O)Nc1cc(C(C)(C)C)nn1-c1ccc(F)cc1)C(=O)C=Cc1ccc([N+](=O)[O-])cc1. The lowest BCUT2D eigenvalue weighted by Gasteiger charge is -2.18. The fourth-order valence-corrected chi connectivity index (χ4v) is 3.30. The van der Waals surface area contributed by atoms with E-state index in [2.05, 4.69) is 10.4 Å². The summed E-state index contributed by atoms with van der Waals surface area (Å²) < 4.78 is 14.9. The van der Waals surface area contributed by atoms with Gasteiger partial charge in [0.25, 0.3) is 5.69 Å². The maximum atomic E-state index is 13.4. The van der Waals surface area contributed by atoms with Gasteiger partial charge in [0, 0.05) is 36.2 Å². The third-order valence-electron chi connectivity index (χ3n) is 5.37. The first-order valence-corrected chi connectivity index (χ1v) is 11.4. The summed E-state index contributed by atoms with van der Waals surface area (Å²) in [6, 6.07) is 13.3. The van der Waals surface area contributed by atoms with Gasteiger partial charge in [0.15, 0.2) is 0 Å². The highest BCUT2D eigenvalue weighted by Gasteiger charge is 2.22. The predicted octanol–water partition coefficient (Wildman–Crippen LogP) is 4.72. The second kappa shape index (κ2) is 10.9. The number of nitro benzene ring substituents is 1. The first kappa shape index (κ1) is 26.3. The highest BCUT2D eigenvalue weighted by Crippen LogP contribution is 2.26. The van der Waals surface area contributed by atoms with Crippen LogP contribution in [0.2, 0.25) is 0 Å². The van der Waals surface area contributed by atoms with Gasteiger partial charge in [0.1, 0.15) is 18.2 Å². The van der Waals surface area contributed by atoms with Crippen LogP contribution in [-0.2, 0) is 15.0 Å². The molecule has 0 atom stereocenters. The number of nitrogens with one attached hydrogen (secondary N) is 1. The van der Waals surface area contributed by atoms with E-state index in [1.807, 2.05) is 20.8 Å².